The molecule has 0 aliphatic carbocycles. The molecule has 2 aliphatic heterocycles. The summed E-state index contributed by atoms with van der Waals surface area (Å²) >= 11 is 0. The number of nitro groups is 1. The number of anilines is 1. The molecule has 0 bridgehead atoms. The molecule has 2 heterocycles. The lowest BCUT2D eigenvalue weighted by atomic mass is 10.1. The lowest BCUT2D eigenvalue weighted by Gasteiger charge is -2.37. The Hall–Kier alpha value is -3.86. The fourth-order valence-electron chi connectivity index (χ4n) is 3.86. The van der Waals surface area contributed by atoms with Gasteiger partial charge < -0.3 is 29.7 Å². The maximum absolute atomic E-state index is 12.9. The van der Waals surface area contributed by atoms with Crippen molar-refractivity contribution in [1.82, 2.24) is 10.2 Å². The van der Waals surface area contributed by atoms with Gasteiger partial charge in [-0.2, -0.15) is 0 Å². The molecule has 0 radical (unpaired) electrons. The highest BCUT2D eigenvalue weighted by molar-refractivity contribution is 5.88. The number of non-ortho nitro benzene ring substituents is 1. The van der Waals surface area contributed by atoms with Gasteiger partial charge in [-0.05, 0) is 29.8 Å². The molecule has 33 heavy (non-hydrogen) atoms. The number of aliphatic hydroxyl groups is 1. The zero-order valence-electron chi connectivity index (χ0n) is 17.8. The number of nitro benzene ring substituents is 1. The van der Waals surface area contributed by atoms with Gasteiger partial charge in [0.2, 0.25) is 18.6 Å². The van der Waals surface area contributed by atoms with E-state index in [0.717, 1.165) is 5.69 Å². The Morgan fingerprint density at radius 3 is 2.42 bits per heavy atom. The Morgan fingerprint density at radius 1 is 1.06 bits per heavy atom. The molecular formula is C22H24N4O7. The van der Waals surface area contributed by atoms with Gasteiger partial charge in [0, 0.05) is 44.0 Å². The van der Waals surface area contributed by atoms with Crippen molar-refractivity contribution >= 4 is 23.2 Å². The standard InChI is InChI=1S/C22H24N4O7/c27-13-18(23-21(28)12-15-1-6-19-20(11-15)33-14-32-19)22(29)25-9-7-24(8-10-25)16-2-4-17(5-3-16)26(30)31/h1-6,11,18,27H,7-10,12-14H2,(H,23,28). The Balaban J connectivity index is 1.29. The van der Waals surface area contributed by atoms with Crippen LogP contribution in [0, 0.1) is 10.1 Å². The highest BCUT2D eigenvalue weighted by Gasteiger charge is 2.28. The van der Waals surface area contributed by atoms with E-state index < -0.39 is 17.6 Å². The molecule has 1 atom stereocenters. The van der Waals surface area contributed by atoms with Gasteiger partial charge >= 0.3 is 0 Å². The maximum Gasteiger partial charge on any atom is 0.269 e. The molecule has 0 spiro atoms. The fourth-order valence-corrected chi connectivity index (χ4v) is 3.86. The molecule has 2 aromatic carbocycles. The number of carbonyl (C=O) groups excluding carboxylic acids is 2. The van der Waals surface area contributed by atoms with Crippen LogP contribution in [0.25, 0.3) is 0 Å². The van der Waals surface area contributed by atoms with Gasteiger partial charge in [0.25, 0.3) is 5.69 Å². The minimum Gasteiger partial charge on any atom is -0.454 e. The number of nitrogens with zero attached hydrogens (tertiary/aromatic N) is 3. The summed E-state index contributed by atoms with van der Waals surface area (Å²) in [5.41, 5.74) is 1.57. The van der Waals surface area contributed by atoms with E-state index in [1.807, 2.05) is 4.90 Å². The molecule has 11 nitrogen and oxygen atoms in total. The molecule has 174 valence electrons. The molecule has 0 aromatic heterocycles. The smallest absolute Gasteiger partial charge is 0.269 e. The minimum atomic E-state index is -1.03. The summed E-state index contributed by atoms with van der Waals surface area (Å²) in [7, 11) is 0. The van der Waals surface area contributed by atoms with Crippen LogP contribution in [0.4, 0.5) is 11.4 Å². The third-order valence-corrected chi connectivity index (χ3v) is 5.63. The van der Waals surface area contributed by atoms with Crippen LogP contribution in [0.3, 0.4) is 0 Å². The van der Waals surface area contributed by atoms with Gasteiger partial charge in [0.1, 0.15) is 6.04 Å². The van der Waals surface area contributed by atoms with Crippen molar-refractivity contribution in [2.24, 2.45) is 0 Å². The average molecular weight is 456 g/mol. The van der Waals surface area contributed by atoms with Crippen molar-refractivity contribution in [3.05, 3.63) is 58.1 Å². The first-order valence-electron chi connectivity index (χ1n) is 10.5. The van der Waals surface area contributed by atoms with E-state index in [-0.39, 0.29) is 30.7 Å². The largest absolute Gasteiger partial charge is 0.454 e. The first kappa shape index (κ1) is 22.3. The topological polar surface area (TPSA) is 134 Å². The number of benzene rings is 2. The Kier molecular flexibility index (Phi) is 6.59. The Labute approximate surface area is 189 Å². The summed E-state index contributed by atoms with van der Waals surface area (Å²) in [6.45, 7) is 1.52. The van der Waals surface area contributed by atoms with Crippen LogP contribution >= 0.6 is 0 Å². The monoisotopic (exact) mass is 456 g/mol. The number of ether oxygens (including phenoxy) is 2. The van der Waals surface area contributed by atoms with Crippen LogP contribution in [0.15, 0.2) is 42.5 Å². The summed E-state index contributed by atoms with van der Waals surface area (Å²) in [6.07, 6.45) is 0.0361. The van der Waals surface area contributed by atoms with Crippen molar-refractivity contribution in [3.8, 4) is 11.5 Å². The van der Waals surface area contributed by atoms with Gasteiger partial charge in [-0.1, -0.05) is 6.07 Å². The summed E-state index contributed by atoms with van der Waals surface area (Å²) < 4.78 is 10.6. The van der Waals surface area contributed by atoms with Gasteiger partial charge in [-0.3, -0.25) is 19.7 Å². The van der Waals surface area contributed by atoms with Crippen molar-refractivity contribution < 1.29 is 29.1 Å². The lowest BCUT2D eigenvalue weighted by Crippen LogP contribution is -2.56. The molecule has 2 aliphatic rings. The average Bonchev–Trinajstić information content (AvgIpc) is 3.30. The van der Waals surface area contributed by atoms with E-state index in [1.54, 1.807) is 35.2 Å². The highest BCUT2D eigenvalue weighted by Crippen LogP contribution is 2.32. The van der Waals surface area contributed by atoms with Crippen molar-refractivity contribution in [1.29, 1.82) is 0 Å². The predicted molar refractivity (Wildman–Crippen MR) is 117 cm³/mol. The number of amides is 2. The van der Waals surface area contributed by atoms with Gasteiger partial charge in [-0.25, -0.2) is 0 Å². The zero-order valence-corrected chi connectivity index (χ0v) is 17.8. The first-order valence-corrected chi connectivity index (χ1v) is 10.5. The van der Waals surface area contributed by atoms with Crippen molar-refractivity contribution in [2.45, 2.75) is 12.5 Å². The third kappa shape index (κ3) is 5.14. The van der Waals surface area contributed by atoms with Crippen LogP contribution in [0.1, 0.15) is 5.56 Å². The summed E-state index contributed by atoms with van der Waals surface area (Å²) in [4.78, 5) is 39.3. The maximum atomic E-state index is 12.9. The molecule has 1 unspecified atom stereocenters. The normalized spacial score (nSPS) is 15.8. The number of piperazine rings is 1. The number of rotatable bonds is 7. The number of aliphatic hydroxyl groups excluding tert-OH is 1. The lowest BCUT2D eigenvalue weighted by molar-refractivity contribution is -0.384. The summed E-state index contributed by atoms with van der Waals surface area (Å²) in [5.74, 6) is 0.460. The zero-order chi connectivity index (χ0) is 23.4. The summed E-state index contributed by atoms with van der Waals surface area (Å²) in [6, 6.07) is 10.4. The first-order chi connectivity index (χ1) is 15.9. The molecule has 2 amide bonds. The fraction of sp³-hybridized carbons (Fsp3) is 0.364. The molecule has 2 N–H and O–H groups in total. The highest BCUT2D eigenvalue weighted by atomic mass is 16.7. The van der Waals surface area contributed by atoms with Crippen LogP contribution in [-0.2, 0) is 16.0 Å². The Morgan fingerprint density at radius 2 is 1.76 bits per heavy atom. The minimum absolute atomic E-state index is 0.0230. The van der Waals surface area contributed by atoms with Crippen LogP contribution in [0.2, 0.25) is 0 Å². The number of hydrogen-bond donors (Lipinski definition) is 2. The summed E-state index contributed by atoms with van der Waals surface area (Å²) in [5, 5.41) is 23.1. The van der Waals surface area contributed by atoms with Crippen LogP contribution in [-0.4, -0.2) is 72.4 Å². The van der Waals surface area contributed by atoms with E-state index in [1.165, 1.54) is 12.1 Å². The molecular weight excluding hydrogens is 432 g/mol. The molecule has 0 saturated carbocycles. The predicted octanol–water partition coefficient (Wildman–Crippen LogP) is 0.692. The number of nitrogens with one attached hydrogen (secondary N) is 1. The van der Waals surface area contributed by atoms with E-state index in [2.05, 4.69) is 5.32 Å². The molecule has 4 rings (SSSR count). The third-order valence-electron chi connectivity index (χ3n) is 5.63. The van der Waals surface area contributed by atoms with E-state index in [0.29, 0.717) is 43.2 Å². The van der Waals surface area contributed by atoms with E-state index in [4.69, 9.17) is 9.47 Å². The quantitative estimate of drug-likeness (QED) is 0.459. The molecule has 1 fully saturated rings. The van der Waals surface area contributed by atoms with E-state index in [9.17, 15) is 24.8 Å². The number of carbonyl (C=O) groups is 2. The van der Waals surface area contributed by atoms with Gasteiger partial charge in [0.15, 0.2) is 11.5 Å². The molecule has 1 saturated heterocycles. The van der Waals surface area contributed by atoms with Crippen LogP contribution < -0.4 is 19.7 Å². The number of fused-ring (bicyclic) bond motifs is 1. The number of hydrogen-bond acceptors (Lipinski definition) is 8. The van der Waals surface area contributed by atoms with E-state index >= 15 is 0 Å². The van der Waals surface area contributed by atoms with Crippen molar-refractivity contribution in [2.75, 3.05) is 44.5 Å². The Bertz CT molecular complexity index is 1040. The SMILES string of the molecule is O=C(Cc1ccc2c(c1)OCO2)NC(CO)C(=O)N1CCN(c2ccc([N+](=O)[O-])cc2)CC1. The second kappa shape index (κ2) is 9.74. The molecule has 11 heteroatoms. The second-order valence-electron chi connectivity index (χ2n) is 7.75. The van der Waals surface area contributed by atoms with Gasteiger partial charge in [-0.15, -0.1) is 0 Å². The van der Waals surface area contributed by atoms with Crippen molar-refractivity contribution in [3.63, 3.8) is 0 Å². The van der Waals surface area contributed by atoms with Gasteiger partial charge in [0.05, 0.1) is 18.0 Å². The molecule has 2 aromatic rings. The second-order valence-corrected chi connectivity index (χ2v) is 7.75. The van der Waals surface area contributed by atoms with Crippen LogP contribution in [0.5, 0.6) is 11.5 Å².